The molecule has 0 bridgehead atoms. The highest BCUT2D eigenvalue weighted by molar-refractivity contribution is 6.39. The van der Waals surface area contributed by atoms with Gasteiger partial charge in [0.2, 0.25) is 0 Å². The Hall–Kier alpha value is -2.95. The third kappa shape index (κ3) is 4.28. The van der Waals surface area contributed by atoms with Gasteiger partial charge in [-0.3, -0.25) is 9.59 Å². The highest BCUT2D eigenvalue weighted by Gasteiger charge is 2.13. The van der Waals surface area contributed by atoms with Gasteiger partial charge in [-0.25, -0.2) is 5.43 Å². The van der Waals surface area contributed by atoms with Crippen molar-refractivity contribution in [1.29, 1.82) is 0 Å². The molecule has 0 aliphatic carbocycles. The summed E-state index contributed by atoms with van der Waals surface area (Å²) in [6.45, 7) is 3.78. The van der Waals surface area contributed by atoms with Crippen LogP contribution in [-0.2, 0) is 9.59 Å². The van der Waals surface area contributed by atoms with Crippen LogP contribution in [0.2, 0.25) is 0 Å². The minimum Gasteiger partial charge on any atom is -0.317 e. The zero-order valence-corrected chi connectivity index (χ0v) is 12.5. The van der Waals surface area contributed by atoms with Crippen LogP contribution in [0.4, 0.5) is 5.69 Å². The van der Waals surface area contributed by atoms with E-state index in [4.69, 9.17) is 0 Å². The normalized spacial score (nSPS) is 10.5. The molecule has 0 aliphatic heterocycles. The first-order valence-electron chi connectivity index (χ1n) is 6.83. The number of hydrazone groups is 1. The summed E-state index contributed by atoms with van der Waals surface area (Å²) in [6.07, 6.45) is 1.48. The predicted molar refractivity (Wildman–Crippen MR) is 86.7 cm³/mol. The van der Waals surface area contributed by atoms with Gasteiger partial charge >= 0.3 is 11.8 Å². The molecule has 2 amide bonds. The average Bonchev–Trinajstić information content (AvgIpc) is 2.52. The van der Waals surface area contributed by atoms with Gasteiger partial charge in [0.05, 0.1) is 6.21 Å². The fourth-order valence-corrected chi connectivity index (χ4v) is 1.80. The van der Waals surface area contributed by atoms with Crippen molar-refractivity contribution in [3.8, 4) is 0 Å². The largest absolute Gasteiger partial charge is 0.329 e. The number of rotatable bonds is 3. The molecule has 2 rings (SSSR count). The van der Waals surface area contributed by atoms with Gasteiger partial charge in [0.25, 0.3) is 0 Å². The molecule has 0 aliphatic rings. The molecule has 22 heavy (non-hydrogen) atoms. The Bertz CT molecular complexity index is 709. The van der Waals surface area contributed by atoms with Crippen LogP contribution >= 0.6 is 0 Å². The number of amides is 2. The van der Waals surface area contributed by atoms with Gasteiger partial charge in [-0.1, -0.05) is 42.5 Å². The maximum Gasteiger partial charge on any atom is 0.329 e. The van der Waals surface area contributed by atoms with Gasteiger partial charge in [-0.05, 0) is 36.6 Å². The van der Waals surface area contributed by atoms with Gasteiger partial charge < -0.3 is 5.32 Å². The van der Waals surface area contributed by atoms with Crippen LogP contribution in [0.15, 0.2) is 53.6 Å². The molecule has 2 N–H and O–H groups in total. The van der Waals surface area contributed by atoms with E-state index in [9.17, 15) is 9.59 Å². The molecule has 0 aromatic heterocycles. The Morgan fingerprint density at radius 3 is 2.45 bits per heavy atom. The second-order valence-corrected chi connectivity index (χ2v) is 4.88. The van der Waals surface area contributed by atoms with E-state index in [-0.39, 0.29) is 0 Å². The van der Waals surface area contributed by atoms with Gasteiger partial charge in [-0.2, -0.15) is 5.10 Å². The molecule has 0 unspecified atom stereocenters. The molecule has 5 nitrogen and oxygen atoms in total. The second-order valence-electron chi connectivity index (χ2n) is 4.88. The molecule has 0 atom stereocenters. The first-order chi connectivity index (χ1) is 10.6. The van der Waals surface area contributed by atoms with E-state index in [0.29, 0.717) is 5.69 Å². The predicted octanol–water partition coefficient (Wildman–Crippen LogP) is 2.39. The zero-order chi connectivity index (χ0) is 15.9. The maximum absolute atomic E-state index is 11.8. The highest BCUT2D eigenvalue weighted by atomic mass is 16.2. The van der Waals surface area contributed by atoms with E-state index in [1.165, 1.54) is 6.21 Å². The number of anilines is 1. The summed E-state index contributed by atoms with van der Waals surface area (Å²) in [5.41, 5.74) is 5.54. The summed E-state index contributed by atoms with van der Waals surface area (Å²) in [6, 6.07) is 14.9. The lowest BCUT2D eigenvalue weighted by Gasteiger charge is -2.08. The number of benzene rings is 2. The van der Waals surface area contributed by atoms with E-state index < -0.39 is 11.8 Å². The lowest BCUT2D eigenvalue weighted by Crippen LogP contribution is -2.32. The summed E-state index contributed by atoms with van der Waals surface area (Å²) in [7, 11) is 0. The summed E-state index contributed by atoms with van der Waals surface area (Å²) >= 11 is 0. The molecule has 5 heteroatoms. The number of hydrogen-bond acceptors (Lipinski definition) is 3. The summed E-state index contributed by atoms with van der Waals surface area (Å²) < 4.78 is 0. The smallest absolute Gasteiger partial charge is 0.317 e. The Kier molecular flexibility index (Phi) is 5.03. The number of nitrogens with one attached hydrogen (secondary N) is 2. The number of hydrogen-bond donors (Lipinski definition) is 2. The average molecular weight is 295 g/mol. The molecular weight excluding hydrogens is 278 g/mol. The van der Waals surface area contributed by atoms with Crippen molar-refractivity contribution in [2.24, 2.45) is 5.10 Å². The molecule has 0 radical (unpaired) electrons. The topological polar surface area (TPSA) is 70.6 Å². The van der Waals surface area contributed by atoms with Crippen LogP contribution in [0.25, 0.3) is 0 Å². The van der Waals surface area contributed by atoms with E-state index in [2.05, 4.69) is 15.8 Å². The van der Waals surface area contributed by atoms with Gasteiger partial charge in [-0.15, -0.1) is 0 Å². The van der Waals surface area contributed by atoms with E-state index >= 15 is 0 Å². The Morgan fingerprint density at radius 2 is 1.73 bits per heavy atom. The Balaban J connectivity index is 1.94. The monoisotopic (exact) mass is 295 g/mol. The van der Waals surface area contributed by atoms with E-state index in [1.54, 1.807) is 0 Å². The van der Waals surface area contributed by atoms with Crippen LogP contribution in [0.3, 0.4) is 0 Å². The Morgan fingerprint density at radius 1 is 1.00 bits per heavy atom. The van der Waals surface area contributed by atoms with Crippen LogP contribution in [0.5, 0.6) is 0 Å². The summed E-state index contributed by atoms with van der Waals surface area (Å²) in [4.78, 5) is 23.5. The fourth-order valence-electron chi connectivity index (χ4n) is 1.80. The molecule has 2 aromatic rings. The van der Waals surface area contributed by atoms with Crippen LogP contribution < -0.4 is 10.7 Å². The number of aryl methyl sites for hydroxylation is 2. The maximum atomic E-state index is 11.8. The van der Waals surface area contributed by atoms with Crippen LogP contribution in [-0.4, -0.2) is 18.0 Å². The number of carbonyl (C=O) groups is 2. The lowest BCUT2D eigenvalue weighted by molar-refractivity contribution is -0.136. The molecule has 0 fully saturated rings. The SMILES string of the molecule is Cc1ccc(C)c(NC(=O)C(=O)NN=Cc2ccccc2)c1. The first kappa shape index (κ1) is 15.4. The van der Waals surface area contributed by atoms with Crippen LogP contribution in [0, 0.1) is 13.8 Å². The zero-order valence-electron chi connectivity index (χ0n) is 12.5. The molecular formula is C17H17N3O2. The second kappa shape index (κ2) is 7.17. The Labute approximate surface area is 129 Å². The van der Waals surface area contributed by atoms with Crippen LogP contribution in [0.1, 0.15) is 16.7 Å². The van der Waals surface area contributed by atoms with Crippen molar-refractivity contribution >= 4 is 23.7 Å². The molecule has 0 spiro atoms. The fraction of sp³-hybridized carbons (Fsp3) is 0.118. The molecule has 112 valence electrons. The molecule has 0 heterocycles. The third-order valence-electron chi connectivity index (χ3n) is 3.03. The van der Waals surface area contributed by atoms with Crippen molar-refractivity contribution in [1.82, 2.24) is 5.43 Å². The van der Waals surface area contributed by atoms with Crippen molar-refractivity contribution in [2.45, 2.75) is 13.8 Å². The van der Waals surface area contributed by atoms with Crippen molar-refractivity contribution < 1.29 is 9.59 Å². The third-order valence-corrected chi connectivity index (χ3v) is 3.03. The summed E-state index contributed by atoms with van der Waals surface area (Å²) in [5, 5.41) is 6.33. The van der Waals surface area contributed by atoms with Crippen molar-refractivity contribution in [3.63, 3.8) is 0 Å². The van der Waals surface area contributed by atoms with E-state index in [0.717, 1.165) is 16.7 Å². The van der Waals surface area contributed by atoms with Crippen molar-refractivity contribution in [3.05, 3.63) is 65.2 Å². The number of nitrogens with zero attached hydrogens (tertiary/aromatic N) is 1. The molecule has 0 saturated carbocycles. The van der Waals surface area contributed by atoms with Gasteiger partial charge in [0.1, 0.15) is 0 Å². The highest BCUT2D eigenvalue weighted by Crippen LogP contribution is 2.15. The van der Waals surface area contributed by atoms with Gasteiger partial charge in [0.15, 0.2) is 0 Å². The van der Waals surface area contributed by atoms with E-state index in [1.807, 2.05) is 62.4 Å². The molecule has 0 saturated heterocycles. The lowest BCUT2D eigenvalue weighted by atomic mass is 10.1. The minimum atomic E-state index is -0.812. The number of carbonyl (C=O) groups excluding carboxylic acids is 2. The summed E-state index contributed by atoms with van der Waals surface area (Å²) in [5.74, 6) is -1.56. The molecule has 2 aromatic carbocycles. The van der Waals surface area contributed by atoms with Crippen molar-refractivity contribution in [2.75, 3.05) is 5.32 Å². The minimum absolute atomic E-state index is 0.618. The van der Waals surface area contributed by atoms with Gasteiger partial charge in [0, 0.05) is 5.69 Å². The quantitative estimate of drug-likeness (QED) is 0.518. The first-order valence-corrected chi connectivity index (χ1v) is 6.83. The standard InChI is InChI=1S/C17H17N3O2/c1-12-8-9-13(2)15(10-12)19-16(21)17(22)20-18-11-14-6-4-3-5-7-14/h3-11H,1-2H3,(H,19,21)(H,20,22).